The van der Waals surface area contributed by atoms with Gasteiger partial charge in [-0.15, -0.1) is 0 Å². The second-order valence-electron chi connectivity index (χ2n) is 6.27. The minimum Gasteiger partial charge on any atom is -0.271 e. The van der Waals surface area contributed by atoms with Gasteiger partial charge in [0, 0.05) is 6.07 Å². The number of fused-ring (bicyclic) bond motifs is 1. The van der Waals surface area contributed by atoms with Crippen molar-refractivity contribution in [2.24, 2.45) is 10.3 Å². The number of imide groups is 1. The average Bonchev–Trinajstić information content (AvgIpc) is 3.14. The Hall–Kier alpha value is -3.16. The molecule has 2 atom stereocenters. The van der Waals surface area contributed by atoms with Gasteiger partial charge in [-0.25, -0.2) is 18.7 Å². The molecule has 0 aromatic heterocycles. The van der Waals surface area contributed by atoms with Crippen LogP contribution in [0.3, 0.4) is 0 Å². The van der Waals surface area contributed by atoms with Crippen molar-refractivity contribution in [2.45, 2.75) is 25.9 Å². The minimum absolute atomic E-state index is 0.0237. The van der Waals surface area contributed by atoms with Crippen LogP contribution in [-0.4, -0.2) is 23.9 Å². The van der Waals surface area contributed by atoms with Crippen LogP contribution in [-0.2, 0) is 9.59 Å². The van der Waals surface area contributed by atoms with Crippen molar-refractivity contribution in [1.29, 1.82) is 0 Å². The number of hydrogen-bond donors (Lipinski definition) is 0. The molecule has 4 rings (SSSR count). The predicted octanol–water partition coefficient (Wildman–Crippen LogP) is 3.08. The Kier molecular flexibility index (Phi) is 3.57. The van der Waals surface area contributed by atoms with Crippen LogP contribution >= 0.6 is 0 Å². The van der Waals surface area contributed by atoms with Crippen molar-refractivity contribution in [1.82, 2.24) is 0 Å². The van der Waals surface area contributed by atoms with Gasteiger partial charge in [0.25, 0.3) is 11.8 Å². The summed E-state index contributed by atoms with van der Waals surface area (Å²) in [5.74, 6) is -3.36. The smallest absolute Gasteiger partial charge is 0.263 e. The molecule has 0 N–H and O–H groups in total. The first kappa shape index (κ1) is 16.3. The second-order valence-corrected chi connectivity index (χ2v) is 6.27. The third kappa shape index (κ3) is 2.22. The highest BCUT2D eigenvalue weighted by atomic mass is 19.2. The number of carbonyl (C=O) groups is 2. The second kappa shape index (κ2) is 5.69. The van der Waals surface area contributed by atoms with Crippen LogP contribution in [0.1, 0.15) is 11.1 Å². The van der Waals surface area contributed by atoms with Gasteiger partial charge in [-0.2, -0.15) is 5.11 Å². The molecule has 2 heterocycles. The van der Waals surface area contributed by atoms with Gasteiger partial charge in [0.1, 0.15) is 0 Å². The zero-order valence-corrected chi connectivity index (χ0v) is 14.0. The summed E-state index contributed by atoms with van der Waals surface area (Å²) in [5.41, 5.74) is 2.58. The van der Waals surface area contributed by atoms with Gasteiger partial charge < -0.3 is 0 Å². The third-order valence-corrected chi connectivity index (χ3v) is 4.77. The lowest BCUT2D eigenvalue weighted by Crippen LogP contribution is -2.40. The predicted molar refractivity (Wildman–Crippen MR) is 89.7 cm³/mol. The molecule has 2 aliphatic rings. The molecule has 2 amide bonds. The van der Waals surface area contributed by atoms with Gasteiger partial charge in [0.05, 0.1) is 11.4 Å². The molecule has 0 saturated carbocycles. The Morgan fingerprint density at radius 3 is 2.50 bits per heavy atom. The molecule has 1 saturated heterocycles. The highest BCUT2D eigenvalue weighted by molar-refractivity contribution is 6.26. The maximum absolute atomic E-state index is 13.5. The molecule has 2 aromatic carbocycles. The van der Waals surface area contributed by atoms with E-state index in [0.717, 1.165) is 28.2 Å². The SMILES string of the molecule is Cc1cccc(N2N=N[C@H]3C(=O)N(c4ccc(F)c(F)c4)C(=O)[C@H]32)c1C. The Morgan fingerprint density at radius 2 is 1.77 bits per heavy atom. The molecule has 2 aromatic rings. The van der Waals surface area contributed by atoms with Crippen LogP contribution in [0.15, 0.2) is 46.7 Å². The molecule has 6 nitrogen and oxygen atoms in total. The summed E-state index contributed by atoms with van der Waals surface area (Å²) in [6.07, 6.45) is 0. The van der Waals surface area contributed by atoms with Gasteiger partial charge in [0.15, 0.2) is 23.7 Å². The zero-order chi connectivity index (χ0) is 18.6. The van der Waals surface area contributed by atoms with Gasteiger partial charge in [-0.05, 0) is 43.2 Å². The Bertz CT molecular complexity index is 976. The number of nitrogens with zero attached hydrogens (tertiary/aromatic N) is 4. The highest BCUT2D eigenvalue weighted by Crippen LogP contribution is 2.36. The summed E-state index contributed by atoms with van der Waals surface area (Å²) in [4.78, 5) is 26.4. The summed E-state index contributed by atoms with van der Waals surface area (Å²) in [6.45, 7) is 3.82. The summed E-state index contributed by atoms with van der Waals surface area (Å²) < 4.78 is 26.7. The van der Waals surface area contributed by atoms with E-state index in [-0.39, 0.29) is 5.69 Å². The number of benzene rings is 2. The van der Waals surface area contributed by atoms with Crippen LogP contribution < -0.4 is 9.91 Å². The average molecular weight is 356 g/mol. The van der Waals surface area contributed by atoms with Crippen molar-refractivity contribution in [3.05, 3.63) is 59.2 Å². The van der Waals surface area contributed by atoms with Crippen LogP contribution in [0.4, 0.5) is 20.2 Å². The lowest BCUT2D eigenvalue weighted by atomic mass is 10.1. The normalized spacial score (nSPS) is 21.7. The van der Waals surface area contributed by atoms with Crippen LogP contribution in [0.25, 0.3) is 0 Å². The van der Waals surface area contributed by atoms with E-state index >= 15 is 0 Å². The Balaban J connectivity index is 1.74. The number of carbonyl (C=O) groups excluding carboxylic acids is 2. The molecule has 8 heteroatoms. The molecule has 0 spiro atoms. The molecular formula is C18H14F2N4O2. The topological polar surface area (TPSA) is 65.3 Å². The van der Waals surface area contributed by atoms with Gasteiger partial charge >= 0.3 is 0 Å². The van der Waals surface area contributed by atoms with Crippen LogP contribution in [0.5, 0.6) is 0 Å². The van der Waals surface area contributed by atoms with Crippen molar-refractivity contribution < 1.29 is 18.4 Å². The monoisotopic (exact) mass is 356 g/mol. The molecule has 26 heavy (non-hydrogen) atoms. The lowest BCUT2D eigenvalue weighted by molar-refractivity contribution is -0.121. The molecule has 0 unspecified atom stereocenters. The highest BCUT2D eigenvalue weighted by Gasteiger charge is 2.55. The summed E-state index contributed by atoms with van der Waals surface area (Å²) >= 11 is 0. The fourth-order valence-corrected chi connectivity index (χ4v) is 3.22. The van der Waals surface area contributed by atoms with E-state index < -0.39 is 35.5 Å². The number of hydrogen-bond acceptors (Lipinski definition) is 5. The van der Waals surface area contributed by atoms with E-state index in [4.69, 9.17) is 0 Å². The quantitative estimate of drug-likeness (QED) is 0.777. The van der Waals surface area contributed by atoms with Crippen molar-refractivity contribution in [3.8, 4) is 0 Å². The van der Waals surface area contributed by atoms with E-state index in [1.54, 1.807) is 6.07 Å². The van der Waals surface area contributed by atoms with E-state index in [1.807, 2.05) is 26.0 Å². The summed E-state index contributed by atoms with van der Waals surface area (Å²) in [7, 11) is 0. The van der Waals surface area contributed by atoms with E-state index in [1.165, 1.54) is 11.1 Å². The maximum Gasteiger partial charge on any atom is 0.263 e. The van der Waals surface area contributed by atoms with Crippen molar-refractivity contribution in [2.75, 3.05) is 9.91 Å². The molecule has 1 fully saturated rings. The summed E-state index contributed by atoms with van der Waals surface area (Å²) in [5, 5.41) is 9.38. The fourth-order valence-electron chi connectivity index (χ4n) is 3.22. The maximum atomic E-state index is 13.5. The molecule has 2 aliphatic heterocycles. The fraction of sp³-hybridized carbons (Fsp3) is 0.222. The third-order valence-electron chi connectivity index (χ3n) is 4.77. The molecule has 0 radical (unpaired) electrons. The minimum atomic E-state index is -1.13. The largest absolute Gasteiger partial charge is 0.271 e. The van der Waals surface area contributed by atoms with E-state index in [0.29, 0.717) is 5.69 Å². The molecular weight excluding hydrogens is 342 g/mol. The van der Waals surface area contributed by atoms with Gasteiger partial charge in [-0.3, -0.25) is 9.59 Å². The number of rotatable bonds is 2. The van der Waals surface area contributed by atoms with Crippen LogP contribution in [0.2, 0.25) is 0 Å². The van der Waals surface area contributed by atoms with E-state index in [9.17, 15) is 18.4 Å². The first-order valence-electron chi connectivity index (χ1n) is 7.99. The lowest BCUT2D eigenvalue weighted by Gasteiger charge is -2.22. The summed E-state index contributed by atoms with van der Waals surface area (Å²) in [6, 6.07) is 6.51. The molecule has 0 aliphatic carbocycles. The van der Waals surface area contributed by atoms with Crippen molar-refractivity contribution in [3.63, 3.8) is 0 Å². The first-order valence-corrected chi connectivity index (χ1v) is 7.99. The zero-order valence-electron chi connectivity index (χ0n) is 14.0. The van der Waals surface area contributed by atoms with Crippen molar-refractivity contribution >= 4 is 23.2 Å². The van der Waals surface area contributed by atoms with E-state index in [2.05, 4.69) is 10.3 Å². The number of anilines is 2. The number of halogens is 2. The molecule has 0 bridgehead atoms. The number of amides is 2. The van der Waals surface area contributed by atoms with Gasteiger partial charge in [0.2, 0.25) is 0 Å². The standard InChI is InChI=1S/C18H14F2N4O2/c1-9-4-3-5-14(10(9)2)24-16-15(21-22-24)17(25)23(18(16)26)11-6-7-12(19)13(20)8-11/h3-8,15-16H,1-2H3/t15-,16+/m1/s1. The van der Waals surface area contributed by atoms with Crippen LogP contribution in [0, 0.1) is 25.5 Å². The Morgan fingerprint density at radius 1 is 1.00 bits per heavy atom. The molecule has 132 valence electrons. The Labute approximate surface area is 147 Å². The number of aryl methyl sites for hydroxylation is 1. The van der Waals surface area contributed by atoms with Gasteiger partial charge in [-0.1, -0.05) is 17.4 Å². The first-order chi connectivity index (χ1) is 12.4.